The summed E-state index contributed by atoms with van der Waals surface area (Å²) in [5, 5.41) is 0.805. The van der Waals surface area contributed by atoms with Gasteiger partial charge < -0.3 is 9.47 Å². The van der Waals surface area contributed by atoms with Crippen LogP contribution in [-0.4, -0.2) is 43.0 Å². The number of ether oxygens (including phenoxy) is 2. The number of methoxy groups -OCH3 is 1. The lowest BCUT2D eigenvalue weighted by Crippen LogP contribution is -2.47. The molecule has 0 aliphatic carbocycles. The molecular weight excluding hydrogens is 262 g/mol. The summed E-state index contributed by atoms with van der Waals surface area (Å²) in [5.41, 5.74) is 0.714. The number of hydrogen-bond donors (Lipinski definition) is 0. The zero-order valence-corrected chi connectivity index (χ0v) is 11.1. The monoisotopic (exact) mass is 277 g/mol. The number of nitrogens with zero attached hydrogens (tertiary/aromatic N) is 1. The molecule has 0 bridgehead atoms. The maximum Gasteiger partial charge on any atom is 0.286 e. The minimum Gasteiger partial charge on any atom is -0.381 e. The van der Waals surface area contributed by atoms with Gasteiger partial charge in [0.2, 0.25) is 0 Å². The SMILES string of the molecule is COC1(ON2C(=O)c3ccccc3C2=O)CCOCC1. The maximum atomic E-state index is 12.2. The van der Waals surface area contributed by atoms with Crippen LogP contribution in [-0.2, 0) is 14.3 Å². The molecule has 0 radical (unpaired) electrons. The van der Waals surface area contributed by atoms with E-state index >= 15 is 0 Å². The minimum atomic E-state index is -0.981. The van der Waals surface area contributed by atoms with E-state index in [1.807, 2.05) is 0 Å². The molecular formula is C14H15NO5. The summed E-state index contributed by atoms with van der Waals surface area (Å²) >= 11 is 0. The number of amides is 2. The molecule has 1 fully saturated rings. The topological polar surface area (TPSA) is 65.1 Å². The lowest BCUT2D eigenvalue weighted by Gasteiger charge is -2.36. The fraction of sp³-hybridized carbons (Fsp3) is 0.429. The summed E-state index contributed by atoms with van der Waals surface area (Å²) in [5.74, 6) is -1.88. The average molecular weight is 277 g/mol. The first-order valence-corrected chi connectivity index (χ1v) is 6.47. The summed E-state index contributed by atoms with van der Waals surface area (Å²) in [4.78, 5) is 30.1. The van der Waals surface area contributed by atoms with Crippen molar-refractivity contribution >= 4 is 11.8 Å². The molecule has 1 aromatic carbocycles. The molecule has 0 atom stereocenters. The Morgan fingerprint density at radius 3 is 2.15 bits per heavy atom. The van der Waals surface area contributed by atoms with Crippen LogP contribution in [0, 0.1) is 0 Å². The predicted molar refractivity (Wildman–Crippen MR) is 67.8 cm³/mol. The molecule has 2 aliphatic heterocycles. The first-order valence-electron chi connectivity index (χ1n) is 6.47. The first-order chi connectivity index (χ1) is 9.67. The van der Waals surface area contributed by atoms with E-state index in [4.69, 9.17) is 14.3 Å². The third-order valence-electron chi connectivity index (χ3n) is 3.64. The summed E-state index contributed by atoms with van der Waals surface area (Å²) in [6.07, 6.45) is 0.938. The number of carbonyl (C=O) groups excluding carboxylic acids is 2. The highest BCUT2D eigenvalue weighted by Crippen LogP contribution is 2.31. The van der Waals surface area contributed by atoms with Gasteiger partial charge in [0, 0.05) is 20.0 Å². The van der Waals surface area contributed by atoms with E-state index in [1.165, 1.54) is 7.11 Å². The molecule has 0 spiro atoms. The van der Waals surface area contributed by atoms with E-state index in [2.05, 4.69) is 0 Å². The standard InChI is InChI=1S/C14H15NO5/c1-18-14(6-8-19-9-7-14)20-15-12(16)10-4-2-3-5-11(10)13(15)17/h2-5H,6-9H2,1H3. The summed E-state index contributed by atoms with van der Waals surface area (Å²) in [6.45, 7) is 0.939. The van der Waals surface area contributed by atoms with Gasteiger partial charge in [0.05, 0.1) is 24.3 Å². The van der Waals surface area contributed by atoms with Gasteiger partial charge in [0.25, 0.3) is 11.8 Å². The molecule has 0 N–H and O–H groups in total. The molecule has 2 aliphatic rings. The zero-order valence-electron chi connectivity index (χ0n) is 11.1. The minimum absolute atomic E-state index is 0.357. The Balaban J connectivity index is 1.85. The normalized spacial score (nSPS) is 21.1. The van der Waals surface area contributed by atoms with Crippen LogP contribution in [0.5, 0.6) is 0 Å². The Bertz CT molecular complexity index is 515. The van der Waals surface area contributed by atoms with Crippen molar-refractivity contribution in [3.63, 3.8) is 0 Å². The molecule has 6 nitrogen and oxygen atoms in total. The van der Waals surface area contributed by atoms with Crippen molar-refractivity contribution in [2.75, 3.05) is 20.3 Å². The maximum absolute atomic E-state index is 12.2. The second kappa shape index (κ2) is 4.97. The summed E-state index contributed by atoms with van der Waals surface area (Å²) in [7, 11) is 1.50. The Labute approximate surface area is 116 Å². The van der Waals surface area contributed by atoms with Crippen LogP contribution in [0.25, 0.3) is 0 Å². The average Bonchev–Trinajstić information content (AvgIpc) is 2.74. The van der Waals surface area contributed by atoms with Crippen LogP contribution >= 0.6 is 0 Å². The molecule has 1 aromatic rings. The predicted octanol–water partition coefficient (Wildman–Crippen LogP) is 1.37. The number of benzene rings is 1. The van der Waals surface area contributed by atoms with Gasteiger partial charge in [-0.15, -0.1) is 5.06 Å². The van der Waals surface area contributed by atoms with Crippen molar-refractivity contribution in [3.05, 3.63) is 35.4 Å². The number of imide groups is 1. The van der Waals surface area contributed by atoms with Crippen LogP contribution in [0.3, 0.4) is 0 Å². The summed E-state index contributed by atoms with van der Waals surface area (Å²) < 4.78 is 10.6. The molecule has 0 unspecified atom stereocenters. The van der Waals surface area contributed by atoms with Crippen LogP contribution < -0.4 is 0 Å². The highest BCUT2D eigenvalue weighted by Gasteiger charge is 2.44. The van der Waals surface area contributed by atoms with E-state index in [-0.39, 0.29) is 0 Å². The van der Waals surface area contributed by atoms with Gasteiger partial charge in [0.1, 0.15) is 0 Å². The Morgan fingerprint density at radius 2 is 1.65 bits per heavy atom. The van der Waals surface area contributed by atoms with Gasteiger partial charge in [-0.1, -0.05) is 12.1 Å². The zero-order chi connectivity index (χ0) is 14.2. The van der Waals surface area contributed by atoms with Gasteiger partial charge in [-0.25, -0.2) is 4.84 Å². The van der Waals surface area contributed by atoms with Gasteiger partial charge in [0.15, 0.2) is 5.79 Å². The largest absolute Gasteiger partial charge is 0.381 e. The Kier molecular flexibility index (Phi) is 3.29. The fourth-order valence-corrected chi connectivity index (χ4v) is 2.43. The number of rotatable bonds is 3. The third kappa shape index (κ3) is 2.02. The van der Waals surface area contributed by atoms with Crippen LogP contribution in [0.4, 0.5) is 0 Å². The van der Waals surface area contributed by atoms with Gasteiger partial charge >= 0.3 is 0 Å². The van der Waals surface area contributed by atoms with Crippen molar-refractivity contribution < 1.29 is 23.9 Å². The molecule has 1 saturated heterocycles. The molecule has 0 saturated carbocycles. The van der Waals surface area contributed by atoms with E-state index in [0.717, 1.165) is 5.06 Å². The molecule has 0 aromatic heterocycles. The smallest absolute Gasteiger partial charge is 0.286 e. The molecule has 20 heavy (non-hydrogen) atoms. The first kappa shape index (κ1) is 13.2. The highest BCUT2D eigenvalue weighted by molar-refractivity contribution is 6.20. The van der Waals surface area contributed by atoms with Crippen molar-refractivity contribution in [3.8, 4) is 0 Å². The second-order valence-corrected chi connectivity index (χ2v) is 4.77. The third-order valence-corrected chi connectivity index (χ3v) is 3.64. The molecule has 106 valence electrons. The number of carbonyl (C=O) groups is 2. The molecule has 3 rings (SSSR count). The summed E-state index contributed by atoms with van der Waals surface area (Å²) in [6, 6.07) is 6.66. The van der Waals surface area contributed by atoms with E-state index in [9.17, 15) is 9.59 Å². The lowest BCUT2D eigenvalue weighted by molar-refractivity contribution is -0.321. The van der Waals surface area contributed by atoms with Crippen molar-refractivity contribution in [1.82, 2.24) is 5.06 Å². The number of hydrogen-bond acceptors (Lipinski definition) is 5. The van der Waals surface area contributed by atoms with E-state index < -0.39 is 17.6 Å². The van der Waals surface area contributed by atoms with E-state index in [1.54, 1.807) is 24.3 Å². The van der Waals surface area contributed by atoms with Crippen LogP contribution in [0.2, 0.25) is 0 Å². The highest BCUT2D eigenvalue weighted by atomic mass is 16.8. The van der Waals surface area contributed by atoms with Crippen molar-refractivity contribution in [2.24, 2.45) is 0 Å². The number of fused-ring (bicyclic) bond motifs is 1. The number of hydroxylamine groups is 2. The molecule has 6 heteroatoms. The Morgan fingerprint density at radius 1 is 1.10 bits per heavy atom. The van der Waals surface area contributed by atoms with Crippen LogP contribution in [0.15, 0.2) is 24.3 Å². The van der Waals surface area contributed by atoms with Gasteiger partial charge in [-0.3, -0.25) is 9.59 Å². The van der Waals surface area contributed by atoms with Gasteiger partial charge in [-0.2, -0.15) is 0 Å². The quantitative estimate of drug-likeness (QED) is 0.616. The Hall–Kier alpha value is -1.76. The molecule has 2 amide bonds. The lowest BCUT2D eigenvalue weighted by atomic mass is 10.1. The van der Waals surface area contributed by atoms with E-state index in [0.29, 0.717) is 37.2 Å². The van der Waals surface area contributed by atoms with Crippen LogP contribution in [0.1, 0.15) is 33.6 Å². The fourth-order valence-electron chi connectivity index (χ4n) is 2.43. The van der Waals surface area contributed by atoms with Crippen molar-refractivity contribution in [2.45, 2.75) is 18.6 Å². The second-order valence-electron chi connectivity index (χ2n) is 4.77. The molecule has 2 heterocycles. The van der Waals surface area contributed by atoms with Crippen molar-refractivity contribution in [1.29, 1.82) is 0 Å². The van der Waals surface area contributed by atoms with Gasteiger partial charge in [-0.05, 0) is 12.1 Å².